The minimum absolute atomic E-state index is 0.165. The Balaban J connectivity index is 1.87. The van der Waals surface area contributed by atoms with Gasteiger partial charge < -0.3 is 10.1 Å². The molecule has 0 spiro atoms. The predicted molar refractivity (Wildman–Crippen MR) is 100 cm³/mol. The fourth-order valence-electron chi connectivity index (χ4n) is 4.17. The molecule has 0 saturated heterocycles. The first kappa shape index (κ1) is 16.2. The van der Waals surface area contributed by atoms with E-state index in [9.17, 15) is 4.79 Å². The molecule has 1 aliphatic carbocycles. The van der Waals surface area contributed by atoms with E-state index in [-0.39, 0.29) is 17.9 Å². The molecule has 0 aromatic heterocycles. The van der Waals surface area contributed by atoms with Gasteiger partial charge in [-0.15, -0.1) is 0 Å². The van der Waals surface area contributed by atoms with Crippen LogP contribution in [0, 0.1) is 12.8 Å². The van der Waals surface area contributed by atoms with Crippen LogP contribution in [0.3, 0.4) is 0 Å². The summed E-state index contributed by atoms with van der Waals surface area (Å²) in [6.07, 6.45) is 5.42. The van der Waals surface area contributed by atoms with Crippen molar-refractivity contribution in [2.24, 2.45) is 5.92 Å². The second-order valence-corrected chi connectivity index (χ2v) is 7.18. The van der Waals surface area contributed by atoms with E-state index in [1.54, 1.807) is 0 Å². The quantitative estimate of drug-likeness (QED) is 0.591. The maximum Gasteiger partial charge on any atom is 0.338 e. The Morgan fingerprint density at radius 3 is 2.88 bits per heavy atom. The fraction of sp³-hybridized carbons (Fsp3) is 0.286. The molecule has 25 heavy (non-hydrogen) atoms. The number of ether oxygens (including phenoxy) is 1. The van der Waals surface area contributed by atoms with Crippen LogP contribution in [0.2, 0.25) is 5.02 Å². The highest BCUT2D eigenvalue weighted by Gasteiger charge is 2.40. The molecule has 2 aromatic carbocycles. The Morgan fingerprint density at radius 1 is 1.28 bits per heavy atom. The van der Waals surface area contributed by atoms with Gasteiger partial charge in [0.2, 0.25) is 0 Å². The van der Waals surface area contributed by atoms with Gasteiger partial charge in [0.15, 0.2) is 0 Å². The molecule has 128 valence electrons. The van der Waals surface area contributed by atoms with Crippen LogP contribution in [0.25, 0.3) is 0 Å². The van der Waals surface area contributed by atoms with E-state index in [2.05, 4.69) is 30.5 Å². The van der Waals surface area contributed by atoms with Crippen molar-refractivity contribution in [3.05, 3.63) is 75.8 Å². The molecule has 0 fully saturated rings. The summed E-state index contributed by atoms with van der Waals surface area (Å²) in [5.41, 5.74) is 5.07. The average molecular weight is 354 g/mol. The number of anilines is 1. The van der Waals surface area contributed by atoms with Gasteiger partial charge in [0.1, 0.15) is 0 Å². The summed E-state index contributed by atoms with van der Waals surface area (Å²) in [5, 5.41) is 4.44. The number of esters is 1. The highest BCUT2D eigenvalue weighted by molar-refractivity contribution is 6.30. The lowest BCUT2D eigenvalue weighted by Crippen LogP contribution is -2.31. The van der Waals surface area contributed by atoms with Crippen LogP contribution in [0.5, 0.6) is 0 Å². The molecule has 0 unspecified atom stereocenters. The number of carbonyl (C=O) groups excluding carboxylic acids is 1. The van der Waals surface area contributed by atoms with Crippen molar-refractivity contribution >= 4 is 23.3 Å². The molecule has 1 heterocycles. The predicted octanol–water partition coefficient (Wildman–Crippen LogP) is 5.26. The monoisotopic (exact) mass is 353 g/mol. The normalized spacial score (nSPS) is 23.6. The zero-order valence-corrected chi connectivity index (χ0v) is 15.0. The fourth-order valence-corrected chi connectivity index (χ4v) is 4.37. The van der Waals surface area contributed by atoms with Crippen molar-refractivity contribution in [3.63, 3.8) is 0 Å². The number of nitrogens with one attached hydrogen (secondary N) is 1. The van der Waals surface area contributed by atoms with E-state index in [0.29, 0.717) is 11.5 Å². The third-order valence-electron chi connectivity index (χ3n) is 5.34. The van der Waals surface area contributed by atoms with Crippen LogP contribution >= 0.6 is 11.6 Å². The maximum atomic E-state index is 12.3. The summed E-state index contributed by atoms with van der Waals surface area (Å²) >= 11 is 6.22. The van der Waals surface area contributed by atoms with E-state index in [1.165, 1.54) is 12.7 Å². The standard InChI is InChI=1S/C21H20ClNO2/c1-12-9-10-17(21(24)25-2)18-15-7-4-8-16(15)20(23-19(12)18)13-5-3-6-14(22)11-13/h3-7,9-11,15-16,20,23H,8H2,1-2H3/t15-,16+,20-/m1/s1. The van der Waals surface area contributed by atoms with Gasteiger partial charge in [0.05, 0.1) is 18.7 Å². The summed E-state index contributed by atoms with van der Waals surface area (Å²) in [5.74, 6) is 0.281. The van der Waals surface area contributed by atoms with Crippen molar-refractivity contribution in [1.29, 1.82) is 0 Å². The van der Waals surface area contributed by atoms with E-state index in [1.807, 2.05) is 30.3 Å². The number of allylic oxidation sites excluding steroid dienone is 2. The molecule has 2 aliphatic rings. The van der Waals surface area contributed by atoms with Gasteiger partial charge in [-0.3, -0.25) is 0 Å². The van der Waals surface area contributed by atoms with Gasteiger partial charge in [-0.25, -0.2) is 4.79 Å². The minimum atomic E-state index is -0.279. The first-order valence-electron chi connectivity index (χ1n) is 8.50. The smallest absolute Gasteiger partial charge is 0.338 e. The lowest BCUT2D eigenvalue weighted by molar-refractivity contribution is 0.0598. The third kappa shape index (κ3) is 2.63. The van der Waals surface area contributed by atoms with Crippen molar-refractivity contribution in [2.45, 2.75) is 25.3 Å². The number of aryl methyl sites for hydroxylation is 1. The van der Waals surface area contributed by atoms with E-state index >= 15 is 0 Å². The second-order valence-electron chi connectivity index (χ2n) is 6.74. The van der Waals surface area contributed by atoms with Crippen LogP contribution < -0.4 is 5.32 Å². The Kier molecular flexibility index (Phi) is 4.04. The lowest BCUT2D eigenvalue weighted by atomic mass is 9.75. The van der Waals surface area contributed by atoms with Gasteiger partial charge in [0.25, 0.3) is 0 Å². The summed E-state index contributed by atoms with van der Waals surface area (Å²) < 4.78 is 5.01. The summed E-state index contributed by atoms with van der Waals surface area (Å²) in [6, 6.07) is 12.0. The SMILES string of the molecule is COC(=O)c1ccc(C)c2c1[C@@H]1C=CC[C@@H]1[C@@H](c1cccc(Cl)c1)N2. The molecule has 3 nitrogen and oxygen atoms in total. The molecule has 1 aliphatic heterocycles. The number of hydrogen-bond acceptors (Lipinski definition) is 3. The van der Waals surface area contributed by atoms with Gasteiger partial charge in [0, 0.05) is 16.6 Å². The number of halogens is 1. The molecular formula is C21H20ClNO2. The number of methoxy groups -OCH3 is 1. The topological polar surface area (TPSA) is 38.3 Å². The minimum Gasteiger partial charge on any atom is -0.465 e. The summed E-state index contributed by atoms with van der Waals surface area (Å²) in [6.45, 7) is 2.07. The van der Waals surface area contributed by atoms with Gasteiger partial charge in [-0.05, 0) is 54.2 Å². The van der Waals surface area contributed by atoms with Crippen molar-refractivity contribution in [1.82, 2.24) is 0 Å². The number of carbonyl (C=O) groups is 1. The number of fused-ring (bicyclic) bond motifs is 3. The number of hydrogen-bond donors (Lipinski definition) is 1. The molecule has 0 amide bonds. The third-order valence-corrected chi connectivity index (χ3v) is 5.58. The maximum absolute atomic E-state index is 12.3. The average Bonchev–Trinajstić information content (AvgIpc) is 3.10. The molecule has 4 rings (SSSR count). The van der Waals surface area contributed by atoms with Crippen LogP contribution in [0.4, 0.5) is 5.69 Å². The van der Waals surface area contributed by atoms with E-state index in [4.69, 9.17) is 16.3 Å². The van der Waals surface area contributed by atoms with Crippen LogP contribution in [0.15, 0.2) is 48.6 Å². The summed E-state index contributed by atoms with van der Waals surface area (Å²) in [7, 11) is 1.43. The van der Waals surface area contributed by atoms with Gasteiger partial charge in [-0.1, -0.05) is 42.0 Å². The Hall–Kier alpha value is -2.26. The lowest BCUT2D eigenvalue weighted by Gasteiger charge is -2.39. The summed E-state index contributed by atoms with van der Waals surface area (Å²) in [4.78, 5) is 12.3. The van der Waals surface area contributed by atoms with E-state index in [0.717, 1.165) is 28.3 Å². The Morgan fingerprint density at radius 2 is 2.12 bits per heavy atom. The zero-order chi connectivity index (χ0) is 17.6. The van der Waals surface area contributed by atoms with E-state index < -0.39 is 0 Å². The van der Waals surface area contributed by atoms with Crippen molar-refractivity contribution < 1.29 is 9.53 Å². The molecule has 2 aromatic rings. The molecule has 0 radical (unpaired) electrons. The molecule has 0 saturated carbocycles. The largest absolute Gasteiger partial charge is 0.465 e. The Labute approximate surface area is 152 Å². The number of benzene rings is 2. The molecule has 3 atom stereocenters. The molecule has 4 heteroatoms. The first-order valence-corrected chi connectivity index (χ1v) is 8.88. The van der Waals surface area contributed by atoms with Crippen LogP contribution in [0.1, 0.15) is 45.4 Å². The highest BCUT2D eigenvalue weighted by Crippen LogP contribution is 2.51. The molecule has 1 N–H and O–H groups in total. The van der Waals surface area contributed by atoms with Crippen molar-refractivity contribution in [3.8, 4) is 0 Å². The zero-order valence-electron chi connectivity index (χ0n) is 14.3. The molecular weight excluding hydrogens is 334 g/mol. The van der Waals surface area contributed by atoms with Gasteiger partial charge in [-0.2, -0.15) is 0 Å². The second kappa shape index (κ2) is 6.23. The Bertz CT molecular complexity index is 874. The number of rotatable bonds is 2. The highest BCUT2D eigenvalue weighted by atomic mass is 35.5. The van der Waals surface area contributed by atoms with Gasteiger partial charge >= 0.3 is 5.97 Å². The van der Waals surface area contributed by atoms with Crippen LogP contribution in [-0.2, 0) is 4.74 Å². The molecule has 0 bridgehead atoms. The van der Waals surface area contributed by atoms with Crippen LogP contribution in [-0.4, -0.2) is 13.1 Å². The van der Waals surface area contributed by atoms with Crippen molar-refractivity contribution in [2.75, 3.05) is 12.4 Å². The first-order chi connectivity index (χ1) is 12.1.